The Hall–Kier alpha value is -1.95. The lowest BCUT2D eigenvalue weighted by Gasteiger charge is -2.14. The zero-order chi connectivity index (χ0) is 15.6. The Balaban J connectivity index is 1.69. The van der Waals surface area contributed by atoms with Crippen LogP contribution in [0.4, 0.5) is 0 Å². The van der Waals surface area contributed by atoms with Gasteiger partial charge in [0.15, 0.2) is 0 Å². The normalized spacial score (nSPS) is 18.6. The Morgan fingerprint density at radius 1 is 1.17 bits per heavy atom. The molecule has 0 aliphatic carbocycles. The summed E-state index contributed by atoms with van der Waals surface area (Å²) in [5, 5.41) is 16.7. The molecule has 5 heteroatoms. The Bertz CT molecular complexity index is 767. The van der Waals surface area contributed by atoms with Crippen LogP contribution in [-0.2, 0) is 6.54 Å². The lowest BCUT2D eigenvalue weighted by atomic mass is 10.2. The zero-order valence-electron chi connectivity index (χ0n) is 12.8. The number of aromatic nitrogens is 2. The van der Waals surface area contributed by atoms with Crippen molar-refractivity contribution in [3.05, 3.63) is 59.6 Å². The van der Waals surface area contributed by atoms with Gasteiger partial charge in [0, 0.05) is 31.4 Å². The summed E-state index contributed by atoms with van der Waals surface area (Å²) in [7, 11) is 0. The van der Waals surface area contributed by atoms with E-state index < -0.39 is 0 Å². The first kappa shape index (κ1) is 14.6. The van der Waals surface area contributed by atoms with E-state index >= 15 is 0 Å². The predicted molar refractivity (Wildman–Crippen MR) is 92.8 cm³/mol. The van der Waals surface area contributed by atoms with E-state index in [-0.39, 0.29) is 6.10 Å². The highest BCUT2D eigenvalue weighted by atomic mass is 32.1. The second kappa shape index (κ2) is 6.28. The fraction of sp³-hybridized carbons (Fsp3) is 0.278. The van der Waals surface area contributed by atoms with E-state index in [0.29, 0.717) is 0 Å². The summed E-state index contributed by atoms with van der Waals surface area (Å²) >= 11 is 1.71. The van der Waals surface area contributed by atoms with Gasteiger partial charge < -0.3 is 5.11 Å². The van der Waals surface area contributed by atoms with Crippen LogP contribution in [-0.4, -0.2) is 39.0 Å². The minimum atomic E-state index is -0.190. The van der Waals surface area contributed by atoms with Gasteiger partial charge in [0.05, 0.1) is 16.7 Å². The molecular weight excluding hydrogens is 306 g/mol. The molecule has 0 bridgehead atoms. The van der Waals surface area contributed by atoms with E-state index in [1.165, 1.54) is 10.4 Å². The average Bonchev–Trinajstić information content (AvgIpc) is 3.29. The third-order valence-corrected chi connectivity index (χ3v) is 5.08. The SMILES string of the molecule is O[C@@H]1CCN(Cc2cn(-c3ccccc3)nc2-c2cccs2)C1. The molecule has 1 fully saturated rings. The Kier molecular flexibility index (Phi) is 3.99. The second-order valence-electron chi connectivity index (χ2n) is 5.94. The summed E-state index contributed by atoms with van der Waals surface area (Å²) in [6.07, 6.45) is 2.79. The number of aliphatic hydroxyl groups is 1. The van der Waals surface area contributed by atoms with Crippen LogP contribution in [0.2, 0.25) is 0 Å². The van der Waals surface area contributed by atoms with Gasteiger partial charge in [0.25, 0.3) is 0 Å². The molecule has 0 saturated carbocycles. The molecule has 0 unspecified atom stereocenters. The number of β-amino-alcohol motifs (C(OH)–C–C–N with tert-alkyl or cyclic N) is 1. The number of rotatable bonds is 4. The number of hydrogen-bond acceptors (Lipinski definition) is 4. The maximum Gasteiger partial charge on any atom is 0.107 e. The summed E-state index contributed by atoms with van der Waals surface area (Å²) in [6, 6.07) is 14.4. The number of nitrogens with zero attached hydrogens (tertiary/aromatic N) is 3. The predicted octanol–water partition coefficient (Wildman–Crippen LogP) is 3.17. The van der Waals surface area contributed by atoms with Gasteiger partial charge in [-0.05, 0) is 30.0 Å². The third-order valence-electron chi connectivity index (χ3n) is 4.21. The highest BCUT2D eigenvalue weighted by Crippen LogP contribution is 2.29. The van der Waals surface area contributed by atoms with E-state index in [4.69, 9.17) is 5.10 Å². The van der Waals surface area contributed by atoms with Gasteiger partial charge in [-0.15, -0.1) is 11.3 Å². The van der Waals surface area contributed by atoms with E-state index in [0.717, 1.165) is 37.4 Å². The molecule has 1 N–H and O–H groups in total. The minimum Gasteiger partial charge on any atom is -0.392 e. The maximum atomic E-state index is 9.75. The number of likely N-dealkylation sites (tertiary alicyclic amines) is 1. The quantitative estimate of drug-likeness (QED) is 0.801. The first-order chi connectivity index (χ1) is 11.3. The maximum absolute atomic E-state index is 9.75. The summed E-state index contributed by atoms with van der Waals surface area (Å²) in [6.45, 7) is 2.53. The van der Waals surface area contributed by atoms with Gasteiger partial charge in [-0.1, -0.05) is 24.3 Å². The Morgan fingerprint density at radius 3 is 2.74 bits per heavy atom. The molecular formula is C18H19N3OS. The smallest absolute Gasteiger partial charge is 0.107 e. The van der Waals surface area contributed by atoms with Gasteiger partial charge in [0.2, 0.25) is 0 Å². The van der Waals surface area contributed by atoms with Crippen LogP contribution < -0.4 is 0 Å². The van der Waals surface area contributed by atoms with Crippen molar-refractivity contribution in [2.45, 2.75) is 19.1 Å². The minimum absolute atomic E-state index is 0.190. The van der Waals surface area contributed by atoms with E-state index in [1.54, 1.807) is 11.3 Å². The molecule has 0 spiro atoms. The zero-order valence-corrected chi connectivity index (χ0v) is 13.6. The Morgan fingerprint density at radius 2 is 2.04 bits per heavy atom. The van der Waals surface area contributed by atoms with Crippen LogP contribution in [0.25, 0.3) is 16.3 Å². The van der Waals surface area contributed by atoms with Crippen LogP contribution >= 0.6 is 11.3 Å². The molecule has 3 aromatic rings. The van der Waals surface area contributed by atoms with E-state index in [2.05, 4.69) is 40.7 Å². The summed E-state index contributed by atoms with van der Waals surface area (Å²) in [5.41, 5.74) is 3.33. The lowest BCUT2D eigenvalue weighted by Crippen LogP contribution is -2.21. The average molecular weight is 325 g/mol. The van der Waals surface area contributed by atoms with Crippen LogP contribution in [0.1, 0.15) is 12.0 Å². The van der Waals surface area contributed by atoms with Crippen molar-refractivity contribution in [2.24, 2.45) is 0 Å². The fourth-order valence-corrected chi connectivity index (χ4v) is 3.80. The van der Waals surface area contributed by atoms with Crippen LogP contribution in [0.5, 0.6) is 0 Å². The molecule has 1 aliphatic rings. The standard InChI is InChI=1S/C18H19N3OS/c22-16-8-9-20(13-16)11-14-12-21(15-5-2-1-3-6-15)19-18(14)17-7-4-10-23-17/h1-7,10,12,16,22H,8-9,11,13H2/t16-/m1/s1. The molecule has 118 valence electrons. The van der Waals surface area contributed by atoms with Crippen molar-refractivity contribution in [1.29, 1.82) is 0 Å². The summed E-state index contributed by atoms with van der Waals surface area (Å²) in [5.74, 6) is 0. The molecule has 1 saturated heterocycles. The molecule has 23 heavy (non-hydrogen) atoms. The molecule has 3 heterocycles. The Labute approximate surface area is 139 Å². The first-order valence-electron chi connectivity index (χ1n) is 7.88. The fourth-order valence-electron chi connectivity index (χ4n) is 3.06. The van der Waals surface area contributed by atoms with Crippen molar-refractivity contribution >= 4 is 11.3 Å². The molecule has 0 radical (unpaired) electrons. The van der Waals surface area contributed by atoms with Crippen molar-refractivity contribution in [1.82, 2.24) is 14.7 Å². The van der Waals surface area contributed by atoms with Gasteiger partial charge in [-0.2, -0.15) is 5.10 Å². The molecule has 1 atom stereocenters. The van der Waals surface area contributed by atoms with Crippen molar-refractivity contribution in [3.8, 4) is 16.3 Å². The molecule has 2 aromatic heterocycles. The number of hydrogen-bond donors (Lipinski definition) is 1. The van der Waals surface area contributed by atoms with Crippen LogP contribution in [0.3, 0.4) is 0 Å². The van der Waals surface area contributed by atoms with E-state index in [9.17, 15) is 5.11 Å². The van der Waals surface area contributed by atoms with Gasteiger partial charge >= 0.3 is 0 Å². The summed E-state index contributed by atoms with van der Waals surface area (Å²) in [4.78, 5) is 3.49. The number of aliphatic hydroxyl groups excluding tert-OH is 1. The number of thiophene rings is 1. The number of benzene rings is 1. The first-order valence-corrected chi connectivity index (χ1v) is 8.76. The molecule has 1 aliphatic heterocycles. The second-order valence-corrected chi connectivity index (χ2v) is 6.89. The van der Waals surface area contributed by atoms with Gasteiger partial charge in [-0.25, -0.2) is 4.68 Å². The van der Waals surface area contributed by atoms with Gasteiger partial charge in [0.1, 0.15) is 5.69 Å². The van der Waals surface area contributed by atoms with Crippen molar-refractivity contribution in [3.63, 3.8) is 0 Å². The van der Waals surface area contributed by atoms with Crippen molar-refractivity contribution in [2.75, 3.05) is 13.1 Å². The third kappa shape index (κ3) is 3.08. The van der Waals surface area contributed by atoms with Gasteiger partial charge in [-0.3, -0.25) is 4.90 Å². The topological polar surface area (TPSA) is 41.3 Å². The largest absolute Gasteiger partial charge is 0.392 e. The van der Waals surface area contributed by atoms with E-state index in [1.807, 2.05) is 22.9 Å². The van der Waals surface area contributed by atoms with Crippen LogP contribution in [0.15, 0.2) is 54.0 Å². The lowest BCUT2D eigenvalue weighted by molar-refractivity contribution is 0.175. The molecule has 4 nitrogen and oxygen atoms in total. The molecule has 0 amide bonds. The van der Waals surface area contributed by atoms with Crippen molar-refractivity contribution < 1.29 is 5.11 Å². The highest BCUT2D eigenvalue weighted by Gasteiger charge is 2.22. The summed E-state index contributed by atoms with van der Waals surface area (Å²) < 4.78 is 1.96. The molecule has 1 aromatic carbocycles. The van der Waals surface area contributed by atoms with Crippen LogP contribution in [0, 0.1) is 0 Å². The monoisotopic (exact) mass is 325 g/mol. The highest BCUT2D eigenvalue weighted by molar-refractivity contribution is 7.13. The number of para-hydroxylation sites is 1. The molecule has 4 rings (SSSR count).